The number of aromatic nitrogens is 2. The summed E-state index contributed by atoms with van der Waals surface area (Å²) in [7, 11) is 2.23. The first-order valence-corrected chi connectivity index (χ1v) is 6.98. The van der Waals surface area contributed by atoms with E-state index in [2.05, 4.69) is 28.8 Å². The van der Waals surface area contributed by atoms with Crippen LogP contribution < -0.4 is 5.73 Å². The van der Waals surface area contributed by atoms with Crippen LogP contribution in [-0.4, -0.2) is 45.8 Å². The molecule has 2 N–H and O–H groups in total. The maximum absolute atomic E-state index is 5.56. The van der Waals surface area contributed by atoms with Gasteiger partial charge in [0.05, 0.1) is 0 Å². The van der Waals surface area contributed by atoms with Gasteiger partial charge in [-0.2, -0.15) is 16.9 Å². The van der Waals surface area contributed by atoms with E-state index in [1.54, 1.807) is 0 Å². The third kappa shape index (κ3) is 3.15. The fourth-order valence-electron chi connectivity index (χ4n) is 2.04. The second-order valence-corrected chi connectivity index (χ2v) is 5.51. The third-order valence-corrected chi connectivity index (χ3v) is 4.23. The minimum Gasteiger partial charge on any atom is -0.382 e. The molecule has 0 radical (unpaired) electrons. The molecule has 0 amide bonds. The zero-order valence-electron chi connectivity index (χ0n) is 9.80. The van der Waals surface area contributed by atoms with Gasteiger partial charge in [-0.1, -0.05) is 0 Å². The molecule has 2 heterocycles. The number of rotatable bonds is 5. The largest absolute Gasteiger partial charge is 0.382 e. The minimum absolute atomic E-state index is 0.612. The van der Waals surface area contributed by atoms with Crippen molar-refractivity contribution in [2.24, 2.45) is 0 Å². The highest BCUT2D eigenvalue weighted by Crippen LogP contribution is 2.21. The monoisotopic (exact) mass is 240 g/mol. The van der Waals surface area contributed by atoms with Crippen molar-refractivity contribution in [1.82, 2.24) is 14.7 Å². The molecule has 0 aliphatic carbocycles. The van der Waals surface area contributed by atoms with Gasteiger partial charge >= 0.3 is 0 Å². The predicted molar refractivity (Wildman–Crippen MR) is 69.6 cm³/mol. The van der Waals surface area contributed by atoms with Gasteiger partial charge < -0.3 is 10.6 Å². The molecule has 16 heavy (non-hydrogen) atoms. The molecule has 1 fully saturated rings. The van der Waals surface area contributed by atoms with Crippen molar-refractivity contribution in [2.75, 3.05) is 30.8 Å². The van der Waals surface area contributed by atoms with Crippen LogP contribution in [0.15, 0.2) is 12.3 Å². The van der Waals surface area contributed by atoms with Crippen molar-refractivity contribution in [3.63, 3.8) is 0 Å². The second kappa shape index (κ2) is 5.59. The topological polar surface area (TPSA) is 47.1 Å². The lowest BCUT2D eigenvalue weighted by atomic mass is 10.2. The Hall–Kier alpha value is -0.680. The lowest BCUT2D eigenvalue weighted by Crippen LogP contribution is -2.32. The Morgan fingerprint density at radius 2 is 2.56 bits per heavy atom. The molecule has 0 bridgehead atoms. The third-order valence-electron chi connectivity index (χ3n) is 3.09. The van der Waals surface area contributed by atoms with E-state index in [1.807, 2.05) is 16.9 Å². The number of hydrogen-bond acceptors (Lipinski definition) is 4. The Morgan fingerprint density at radius 3 is 3.19 bits per heavy atom. The van der Waals surface area contributed by atoms with Crippen molar-refractivity contribution < 1.29 is 0 Å². The van der Waals surface area contributed by atoms with Gasteiger partial charge in [-0.25, -0.2) is 0 Å². The van der Waals surface area contributed by atoms with E-state index in [4.69, 9.17) is 5.73 Å². The summed E-state index contributed by atoms with van der Waals surface area (Å²) in [6.07, 6.45) is 4.43. The van der Waals surface area contributed by atoms with Crippen LogP contribution in [0.3, 0.4) is 0 Å². The van der Waals surface area contributed by atoms with Gasteiger partial charge in [0.1, 0.15) is 5.82 Å². The SMILES string of the molecule is CN(CCCn1ccc(N)n1)C1CCSC1. The van der Waals surface area contributed by atoms with Crippen LogP contribution >= 0.6 is 11.8 Å². The fraction of sp³-hybridized carbons (Fsp3) is 0.727. The van der Waals surface area contributed by atoms with Crippen molar-refractivity contribution in [3.05, 3.63) is 12.3 Å². The number of anilines is 1. The molecule has 0 saturated carbocycles. The summed E-state index contributed by atoms with van der Waals surface area (Å²) < 4.78 is 1.92. The lowest BCUT2D eigenvalue weighted by molar-refractivity contribution is 0.253. The highest BCUT2D eigenvalue weighted by molar-refractivity contribution is 7.99. The summed E-state index contributed by atoms with van der Waals surface area (Å²) in [5.41, 5.74) is 5.56. The van der Waals surface area contributed by atoms with Crippen LogP contribution in [0.2, 0.25) is 0 Å². The number of thioether (sulfide) groups is 1. The predicted octanol–water partition coefficient (Wildman–Crippen LogP) is 1.29. The van der Waals surface area contributed by atoms with Gasteiger partial charge in [0.25, 0.3) is 0 Å². The Labute approximate surface area is 101 Å². The fourth-order valence-corrected chi connectivity index (χ4v) is 3.33. The van der Waals surface area contributed by atoms with Gasteiger partial charge in [0.15, 0.2) is 0 Å². The number of hydrogen-bond donors (Lipinski definition) is 1. The Kier molecular flexibility index (Phi) is 4.12. The summed E-state index contributed by atoms with van der Waals surface area (Å²) in [6.45, 7) is 2.10. The molecule has 1 aromatic heterocycles. The summed E-state index contributed by atoms with van der Waals surface area (Å²) in [5.74, 6) is 3.23. The van der Waals surface area contributed by atoms with Gasteiger partial charge in [-0.05, 0) is 38.3 Å². The molecular formula is C11H20N4S. The Balaban J connectivity index is 1.67. The van der Waals surface area contributed by atoms with E-state index in [0.29, 0.717) is 5.82 Å². The molecule has 1 aliphatic heterocycles. The number of aryl methyl sites for hydroxylation is 1. The highest BCUT2D eigenvalue weighted by atomic mass is 32.2. The molecule has 1 aliphatic rings. The smallest absolute Gasteiger partial charge is 0.145 e. The summed E-state index contributed by atoms with van der Waals surface area (Å²) in [4.78, 5) is 2.48. The molecular weight excluding hydrogens is 220 g/mol. The molecule has 1 atom stereocenters. The first-order valence-electron chi connectivity index (χ1n) is 5.82. The van der Waals surface area contributed by atoms with Crippen LogP contribution in [0.25, 0.3) is 0 Å². The summed E-state index contributed by atoms with van der Waals surface area (Å²) in [5, 5.41) is 4.18. The van der Waals surface area contributed by atoms with Crippen molar-refractivity contribution in [3.8, 4) is 0 Å². The van der Waals surface area contributed by atoms with Gasteiger partial charge in [-0.3, -0.25) is 4.68 Å². The molecule has 5 heteroatoms. The van der Waals surface area contributed by atoms with Crippen molar-refractivity contribution in [2.45, 2.75) is 25.4 Å². The first kappa shape index (κ1) is 11.8. The maximum Gasteiger partial charge on any atom is 0.145 e. The van der Waals surface area contributed by atoms with E-state index in [9.17, 15) is 0 Å². The number of nitrogen functional groups attached to an aromatic ring is 1. The second-order valence-electron chi connectivity index (χ2n) is 4.36. The van der Waals surface area contributed by atoms with Crippen LogP contribution in [0.5, 0.6) is 0 Å². The zero-order valence-corrected chi connectivity index (χ0v) is 10.6. The van der Waals surface area contributed by atoms with E-state index in [-0.39, 0.29) is 0 Å². The molecule has 1 aromatic rings. The van der Waals surface area contributed by atoms with Crippen LogP contribution in [-0.2, 0) is 6.54 Å². The summed E-state index contributed by atoms with van der Waals surface area (Å²) in [6, 6.07) is 2.63. The molecule has 90 valence electrons. The molecule has 2 rings (SSSR count). The molecule has 4 nitrogen and oxygen atoms in total. The van der Waals surface area contributed by atoms with Crippen LogP contribution in [0.1, 0.15) is 12.8 Å². The molecule has 0 aromatic carbocycles. The quantitative estimate of drug-likeness (QED) is 0.842. The number of nitrogens with two attached hydrogens (primary N) is 1. The molecule has 1 unspecified atom stereocenters. The maximum atomic E-state index is 5.56. The van der Waals surface area contributed by atoms with Gasteiger partial charge in [0, 0.05) is 24.5 Å². The average molecular weight is 240 g/mol. The van der Waals surface area contributed by atoms with Crippen molar-refractivity contribution >= 4 is 17.6 Å². The minimum atomic E-state index is 0.612. The Bertz CT molecular complexity index is 320. The van der Waals surface area contributed by atoms with Crippen molar-refractivity contribution in [1.29, 1.82) is 0 Å². The molecule has 1 saturated heterocycles. The summed E-state index contributed by atoms with van der Waals surface area (Å²) >= 11 is 2.07. The Morgan fingerprint density at radius 1 is 1.69 bits per heavy atom. The first-order chi connectivity index (χ1) is 7.75. The van der Waals surface area contributed by atoms with Gasteiger partial charge in [-0.15, -0.1) is 0 Å². The zero-order chi connectivity index (χ0) is 11.4. The van der Waals surface area contributed by atoms with Gasteiger partial charge in [0.2, 0.25) is 0 Å². The van der Waals surface area contributed by atoms with E-state index in [0.717, 1.165) is 25.6 Å². The molecule has 0 spiro atoms. The number of nitrogens with zero attached hydrogens (tertiary/aromatic N) is 3. The normalized spacial score (nSPS) is 20.8. The van der Waals surface area contributed by atoms with E-state index < -0.39 is 0 Å². The average Bonchev–Trinajstić information content (AvgIpc) is 2.89. The standard InChI is InChI=1S/C11H20N4S/c1-14(10-4-8-16-9-10)5-2-6-15-7-3-11(12)13-15/h3,7,10H,2,4-6,8-9H2,1H3,(H2,12,13). The van der Waals surface area contributed by atoms with E-state index >= 15 is 0 Å². The van der Waals surface area contributed by atoms with Crippen LogP contribution in [0.4, 0.5) is 5.82 Å². The lowest BCUT2D eigenvalue weighted by Gasteiger charge is -2.23. The highest BCUT2D eigenvalue weighted by Gasteiger charge is 2.19. The van der Waals surface area contributed by atoms with Crippen LogP contribution in [0, 0.1) is 0 Å². The van der Waals surface area contributed by atoms with E-state index in [1.165, 1.54) is 17.9 Å².